The van der Waals surface area contributed by atoms with E-state index in [1.165, 1.54) is 5.56 Å². The molecule has 0 spiro atoms. The van der Waals surface area contributed by atoms with Gasteiger partial charge in [-0.15, -0.1) is 0 Å². The van der Waals surface area contributed by atoms with Crippen LogP contribution in [-0.2, 0) is 22.6 Å². The molecular weight excluding hydrogens is 586 g/mol. The summed E-state index contributed by atoms with van der Waals surface area (Å²) in [6.45, 7) is 7.33. The maximum atomic E-state index is 13.8. The molecule has 2 amide bonds. The summed E-state index contributed by atoms with van der Waals surface area (Å²) in [6.07, 6.45) is 4.51. The van der Waals surface area contributed by atoms with Crippen molar-refractivity contribution in [2.75, 3.05) is 47.1 Å². The Labute approximate surface area is 252 Å². The van der Waals surface area contributed by atoms with E-state index in [-0.39, 0.29) is 18.4 Å². The van der Waals surface area contributed by atoms with Crippen molar-refractivity contribution in [3.8, 4) is 11.5 Å². The molecular formula is C32H42BrN3O5. The van der Waals surface area contributed by atoms with Gasteiger partial charge in [-0.2, -0.15) is 0 Å². The number of hydrogen-bond acceptors (Lipinski definition) is 5. The first-order valence-corrected chi connectivity index (χ1v) is 14.9. The molecule has 0 N–H and O–H groups in total. The van der Waals surface area contributed by atoms with Gasteiger partial charge in [0.1, 0.15) is 18.0 Å². The van der Waals surface area contributed by atoms with E-state index in [9.17, 15) is 9.59 Å². The molecule has 0 aliphatic heterocycles. The number of ether oxygens (including phenoxy) is 3. The fourth-order valence-electron chi connectivity index (χ4n) is 4.50. The number of nitrogens with zero attached hydrogens (tertiary/aromatic N) is 3. The predicted molar refractivity (Wildman–Crippen MR) is 165 cm³/mol. The smallest absolute Gasteiger partial charge is 0.254 e. The van der Waals surface area contributed by atoms with Crippen molar-refractivity contribution in [2.45, 2.75) is 46.2 Å². The van der Waals surface area contributed by atoms with Crippen molar-refractivity contribution in [1.29, 1.82) is 0 Å². The first-order chi connectivity index (χ1) is 19.9. The number of hydrogen-bond donors (Lipinski definition) is 0. The lowest BCUT2D eigenvalue weighted by Crippen LogP contribution is -2.44. The average Bonchev–Trinajstić information content (AvgIpc) is 3.43. The van der Waals surface area contributed by atoms with E-state index in [1.807, 2.05) is 36.2 Å². The van der Waals surface area contributed by atoms with E-state index in [0.717, 1.165) is 23.0 Å². The summed E-state index contributed by atoms with van der Waals surface area (Å²) in [7, 11) is 3.09. The van der Waals surface area contributed by atoms with Crippen LogP contribution >= 0.6 is 15.9 Å². The molecule has 0 fully saturated rings. The van der Waals surface area contributed by atoms with Crippen LogP contribution in [0.5, 0.6) is 11.5 Å². The first kappa shape index (κ1) is 32.2. The van der Waals surface area contributed by atoms with Gasteiger partial charge in [-0.25, -0.2) is 0 Å². The zero-order valence-corrected chi connectivity index (χ0v) is 26.2. The third-order valence-electron chi connectivity index (χ3n) is 6.81. The summed E-state index contributed by atoms with van der Waals surface area (Å²) in [4.78, 5) is 31.0. The lowest BCUT2D eigenvalue weighted by molar-refractivity contribution is -0.132. The van der Waals surface area contributed by atoms with E-state index < -0.39 is 0 Å². The second kappa shape index (κ2) is 16.8. The van der Waals surface area contributed by atoms with E-state index in [2.05, 4.69) is 45.6 Å². The average molecular weight is 629 g/mol. The van der Waals surface area contributed by atoms with Crippen molar-refractivity contribution in [3.63, 3.8) is 0 Å². The standard InChI is InChI=1S/C32H42BrN3O5/c1-5-7-15-35(23-28-10-8-16-34(28)22-25-11-13-27(33)14-12-25)31(37)24-36(17-9-18-41-6-2)32(38)26-19-29(39-3)21-30(20-26)40-4/h8,10-14,16,19-21H,5-7,9,15,17-18,22-24H2,1-4H3. The Balaban J connectivity index is 1.80. The van der Waals surface area contributed by atoms with Gasteiger partial charge in [-0.1, -0.05) is 41.4 Å². The molecule has 0 saturated carbocycles. The van der Waals surface area contributed by atoms with Crippen molar-refractivity contribution >= 4 is 27.7 Å². The number of benzene rings is 2. The van der Waals surface area contributed by atoms with Crippen LogP contribution in [0.15, 0.2) is 65.3 Å². The van der Waals surface area contributed by atoms with Crippen LogP contribution in [0.3, 0.4) is 0 Å². The molecule has 0 aliphatic carbocycles. The highest BCUT2D eigenvalue weighted by molar-refractivity contribution is 9.10. The normalized spacial score (nSPS) is 10.9. The predicted octanol–water partition coefficient (Wildman–Crippen LogP) is 6.01. The summed E-state index contributed by atoms with van der Waals surface area (Å²) in [5, 5.41) is 0. The molecule has 1 aromatic heterocycles. The van der Waals surface area contributed by atoms with Crippen LogP contribution < -0.4 is 9.47 Å². The summed E-state index contributed by atoms with van der Waals surface area (Å²) in [5.41, 5.74) is 2.63. The van der Waals surface area contributed by atoms with Gasteiger partial charge in [0.15, 0.2) is 0 Å². The highest BCUT2D eigenvalue weighted by Gasteiger charge is 2.24. The Bertz CT molecular complexity index is 1220. The maximum absolute atomic E-state index is 13.8. The van der Waals surface area contributed by atoms with Gasteiger partial charge in [-0.3, -0.25) is 9.59 Å². The fourth-order valence-corrected chi connectivity index (χ4v) is 4.77. The molecule has 2 aromatic carbocycles. The van der Waals surface area contributed by atoms with Crippen molar-refractivity contribution in [1.82, 2.24) is 14.4 Å². The minimum Gasteiger partial charge on any atom is -0.497 e. The lowest BCUT2D eigenvalue weighted by Gasteiger charge is -2.28. The second-order valence-electron chi connectivity index (χ2n) is 9.80. The Morgan fingerprint density at radius 2 is 1.59 bits per heavy atom. The lowest BCUT2D eigenvalue weighted by atomic mass is 10.1. The van der Waals surface area contributed by atoms with Gasteiger partial charge >= 0.3 is 0 Å². The number of carbonyl (C=O) groups excluding carboxylic acids is 2. The fraction of sp³-hybridized carbons (Fsp3) is 0.438. The molecule has 0 unspecified atom stereocenters. The van der Waals surface area contributed by atoms with Crippen LogP contribution in [0.1, 0.15) is 54.7 Å². The van der Waals surface area contributed by atoms with Gasteiger partial charge in [0.2, 0.25) is 5.91 Å². The summed E-state index contributed by atoms with van der Waals surface area (Å²) in [6, 6.07) is 17.4. The molecule has 3 rings (SSSR count). The Morgan fingerprint density at radius 1 is 0.902 bits per heavy atom. The van der Waals surface area contributed by atoms with Crippen LogP contribution in [-0.4, -0.2) is 73.2 Å². The number of aromatic nitrogens is 1. The molecule has 9 heteroatoms. The minimum atomic E-state index is -0.249. The molecule has 3 aromatic rings. The van der Waals surface area contributed by atoms with Crippen molar-refractivity contribution in [3.05, 3.63) is 82.1 Å². The van der Waals surface area contributed by atoms with Gasteiger partial charge in [0.05, 0.1) is 20.8 Å². The largest absolute Gasteiger partial charge is 0.497 e. The SMILES string of the molecule is CCCCN(Cc1cccn1Cc1ccc(Br)cc1)C(=O)CN(CCCOCC)C(=O)c1cc(OC)cc(OC)c1. The van der Waals surface area contributed by atoms with Crippen LogP contribution in [0.25, 0.3) is 0 Å². The number of methoxy groups -OCH3 is 2. The third-order valence-corrected chi connectivity index (χ3v) is 7.34. The number of unbranched alkanes of at least 4 members (excludes halogenated alkanes) is 1. The van der Waals surface area contributed by atoms with E-state index in [4.69, 9.17) is 14.2 Å². The van der Waals surface area contributed by atoms with Gasteiger partial charge in [-0.05, 0) is 61.7 Å². The Morgan fingerprint density at radius 3 is 2.22 bits per heavy atom. The molecule has 0 aliphatic rings. The van der Waals surface area contributed by atoms with Crippen molar-refractivity contribution < 1.29 is 23.8 Å². The molecule has 1 heterocycles. The van der Waals surface area contributed by atoms with Crippen molar-refractivity contribution in [2.24, 2.45) is 0 Å². The molecule has 0 radical (unpaired) electrons. The Hall–Kier alpha value is -3.30. The monoisotopic (exact) mass is 627 g/mol. The van der Waals surface area contributed by atoms with Gasteiger partial charge in [0, 0.05) is 60.8 Å². The molecule has 8 nitrogen and oxygen atoms in total. The van der Waals surface area contributed by atoms with E-state index in [1.54, 1.807) is 37.3 Å². The highest BCUT2D eigenvalue weighted by atomic mass is 79.9. The molecule has 222 valence electrons. The van der Waals surface area contributed by atoms with E-state index >= 15 is 0 Å². The zero-order chi connectivity index (χ0) is 29.6. The quantitative estimate of drug-likeness (QED) is 0.171. The number of carbonyl (C=O) groups is 2. The van der Waals surface area contributed by atoms with Crippen LogP contribution in [0, 0.1) is 0 Å². The number of halogens is 1. The first-order valence-electron chi connectivity index (χ1n) is 14.1. The zero-order valence-electron chi connectivity index (χ0n) is 24.6. The summed E-state index contributed by atoms with van der Waals surface area (Å²) in [5.74, 6) is 0.698. The van der Waals surface area contributed by atoms with Crippen LogP contribution in [0.4, 0.5) is 0 Å². The molecule has 41 heavy (non-hydrogen) atoms. The molecule has 0 saturated heterocycles. The maximum Gasteiger partial charge on any atom is 0.254 e. The molecule has 0 bridgehead atoms. The summed E-state index contributed by atoms with van der Waals surface area (Å²) < 4.78 is 19.5. The number of amides is 2. The number of rotatable bonds is 17. The third kappa shape index (κ3) is 9.93. The second-order valence-corrected chi connectivity index (χ2v) is 10.7. The molecule has 0 atom stereocenters. The van der Waals surface area contributed by atoms with Gasteiger partial charge in [0.25, 0.3) is 5.91 Å². The van der Waals surface area contributed by atoms with E-state index in [0.29, 0.717) is 62.9 Å². The Kier molecular flexibility index (Phi) is 13.2. The summed E-state index contributed by atoms with van der Waals surface area (Å²) >= 11 is 3.49. The van der Waals surface area contributed by atoms with Gasteiger partial charge < -0.3 is 28.6 Å². The van der Waals surface area contributed by atoms with Crippen LogP contribution in [0.2, 0.25) is 0 Å². The minimum absolute atomic E-state index is 0.0262. The highest BCUT2D eigenvalue weighted by Crippen LogP contribution is 2.24. The topological polar surface area (TPSA) is 73.2 Å².